The van der Waals surface area contributed by atoms with Gasteiger partial charge in [0.15, 0.2) is 0 Å². The number of anilines is 2. The molecule has 1 fully saturated rings. The van der Waals surface area contributed by atoms with Gasteiger partial charge in [-0.25, -0.2) is 9.78 Å². The summed E-state index contributed by atoms with van der Waals surface area (Å²) >= 11 is 5.88. The third-order valence-electron chi connectivity index (χ3n) is 5.87. The molecule has 7 nitrogen and oxygen atoms in total. The number of hydrogen-bond donors (Lipinski definition) is 2. The lowest BCUT2D eigenvalue weighted by Gasteiger charge is -2.42. The highest BCUT2D eigenvalue weighted by atomic mass is 35.5. The van der Waals surface area contributed by atoms with Gasteiger partial charge in [0.2, 0.25) is 0 Å². The zero-order valence-electron chi connectivity index (χ0n) is 19.0. The SMILES string of the molecule is COC(=O)c1ccc(C(=O)Nc2ccc(Cl)cn2)c(NC(C)C2CCCCN2C(C)C)c1. The number of methoxy groups -OCH3 is 1. The Bertz CT molecular complexity index is 949. The van der Waals surface area contributed by atoms with Gasteiger partial charge in [-0.15, -0.1) is 0 Å². The lowest BCUT2D eigenvalue weighted by Crippen LogP contribution is -2.51. The van der Waals surface area contributed by atoms with Gasteiger partial charge in [-0.1, -0.05) is 18.0 Å². The van der Waals surface area contributed by atoms with Crippen LogP contribution in [0.2, 0.25) is 5.02 Å². The van der Waals surface area contributed by atoms with Gasteiger partial charge >= 0.3 is 5.97 Å². The molecule has 172 valence electrons. The van der Waals surface area contributed by atoms with Crippen molar-refractivity contribution in [1.82, 2.24) is 9.88 Å². The van der Waals surface area contributed by atoms with Gasteiger partial charge in [0, 0.05) is 30.0 Å². The normalized spacial score (nSPS) is 17.6. The summed E-state index contributed by atoms with van der Waals surface area (Å²) in [5.41, 5.74) is 1.39. The number of aromatic nitrogens is 1. The number of pyridine rings is 1. The molecule has 2 aromatic rings. The number of halogens is 1. The second kappa shape index (κ2) is 10.8. The van der Waals surface area contributed by atoms with Crippen LogP contribution in [0.1, 0.15) is 60.7 Å². The van der Waals surface area contributed by atoms with Crippen molar-refractivity contribution in [2.24, 2.45) is 0 Å². The number of carbonyl (C=O) groups is 2. The molecule has 2 unspecified atom stereocenters. The van der Waals surface area contributed by atoms with Gasteiger partial charge in [-0.3, -0.25) is 9.69 Å². The Hall–Kier alpha value is -2.64. The average Bonchev–Trinajstić information content (AvgIpc) is 2.79. The number of piperidine rings is 1. The summed E-state index contributed by atoms with van der Waals surface area (Å²) in [4.78, 5) is 31.8. The Morgan fingerprint density at radius 2 is 1.97 bits per heavy atom. The highest BCUT2D eigenvalue weighted by Gasteiger charge is 2.29. The predicted octanol–water partition coefficient (Wildman–Crippen LogP) is 4.84. The molecular weight excluding hydrogens is 428 g/mol. The maximum Gasteiger partial charge on any atom is 0.337 e. The smallest absolute Gasteiger partial charge is 0.337 e. The van der Waals surface area contributed by atoms with Crippen LogP contribution in [0.4, 0.5) is 11.5 Å². The average molecular weight is 459 g/mol. The minimum atomic E-state index is -0.450. The Labute approximate surface area is 194 Å². The minimum absolute atomic E-state index is 0.0748. The van der Waals surface area contributed by atoms with Gasteiger partial charge in [0.25, 0.3) is 5.91 Å². The van der Waals surface area contributed by atoms with Crippen molar-refractivity contribution >= 4 is 35.0 Å². The minimum Gasteiger partial charge on any atom is -0.465 e. The zero-order valence-corrected chi connectivity index (χ0v) is 19.8. The zero-order chi connectivity index (χ0) is 23.3. The molecule has 2 heterocycles. The molecule has 0 radical (unpaired) electrons. The first-order valence-electron chi connectivity index (χ1n) is 11.0. The Morgan fingerprint density at radius 1 is 1.19 bits per heavy atom. The number of esters is 1. The maximum atomic E-state index is 13.1. The van der Waals surface area contributed by atoms with E-state index < -0.39 is 5.97 Å². The number of likely N-dealkylation sites (tertiary alicyclic amines) is 1. The van der Waals surface area contributed by atoms with E-state index in [0.29, 0.717) is 39.7 Å². The number of amides is 1. The van der Waals surface area contributed by atoms with Crippen molar-refractivity contribution in [3.8, 4) is 0 Å². The van der Waals surface area contributed by atoms with Crippen molar-refractivity contribution in [2.45, 2.75) is 58.2 Å². The molecule has 0 bridgehead atoms. The van der Waals surface area contributed by atoms with Crippen LogP contribution < -0.4 is 10.6 Å². The summed E-state index contributed by atoms with van der Waals surface area (Å²) in [6.07, 6.45) is 4.93. The van der Waals surface area contributed by atoms with Gasteiger partial charge in [0.05, 0.1) is 23.3 Å². The molecule has 2 N–H and O–H groups in total. The van der Waals surface area contributed by atoms with E-state index in [2.05, 4.69) is 41.3 Å². The summed E-state index contributed by atoms with van der Waals surface area (Å²) in [6.45, 7) is 7.60. The van der Waals surface area contributed by atoms with Crippen molar-refractivity contribution in [3.05, 3.63) is 52.7 Å². The van der Waals surface area contributed by atoms with Gasteiger partial charge in [-0.2, -0.15) is 0 Å². The van der Waals surface area contributed by atoms with E-state index in [-0.39, 0.29) is 11.9 Å². The van der Waals surface area contributed by atoms with E-state index in [1.165, 1.54) is 26.1 Å². The van der Waals surface area contributed by atoms with Crippen LogP contribution in [-0.2, 0) is 4.74 Å². The van der Waals surface area contributed by atoms with E-state index in [4.69, 9.17) is 16.3 Å². The van der Waals surface area contributed by atoms with E-state index in [0.717, 1.165) is 13.0 Å². The quantitative estimate of drug-likeness (QED) is 0.578. The van der Waals surface area contributed by atoms with Crippen LogP contribution in [-0.4, -0.2) is 53.5 Å². The lowest BCUT2D eigenvalue weighted by atomic mass is 9.94. The largest absolute Gasteiger partial charge is 0.465 e. The molecule has 0 aliphatic carbocycles. The molecule has 0 spiro atoms. The standard InChI is InChI=1S/C24H31ClN4O3/c1-15(2)29-12-6-5-7-21(29)16(3)27-20-13-17(24(31)32-4)8-10-19(20)23(30)28-22-11-9-18(25)14-26-22/h8-11,13-16,21,27H,5-7,12H2,1-4H3,(H,26,28,30). The van der Waals surface area contributed by atoms with Crippen LogP contribution in [0.5, 0.6) is 0 Å². The Morgan fingerprint density at radius 3 is 2.62 bits per heavy atom. The highest BCUT2D eigenvalue weighted by molar-refractivity contribution is 6.30. The number of carbonyl (C=O) groups excluding carboxylic acids is 2. The van der Waals surface area contributed by atoms with Gasteiger partial charge < -0.3 is 15.4 Å². The lowest BCUT2D eigenvalue weighted by molar-refractivity contribution is 0.0600. The fourth-order valence-electron chi connectivity index (χ4n) is 4.24. The third-order valence-corrected chi connectivity index (χ3v) is 6.09. The molecule has 1 aromatic carbocycles. The molecule has 8 heteroatoms. The van der Waals surface area contributed by atoms with Crippen molar-refractivity contribution in [3.63, 3.8) is 0 Å². The number of ether oxygens (including phenoxy) is 1. The first-order chi connectivity index (χ1) is 15.3. The predicted molar refractivity (Wildman–Crippen MR) is 128 cm³/mol. The summed E-state index contributed by atoms with van der Waals surface area (Å²) in [7, 11) is 1.34. The van der Waals surface area contributed by atoms with E-state index in [9.17, 15) is 9.59 Å². The molecule has 3 rings (SSSR count). The van der Waals surface area contributed by atoms with Crippen LogP contribution in [0.3, 0.4) is 0 Å². The summed E-state index contributed by atoms with van der Waals surface area (Å²) in [6, 6.07) is 9.04. The second-order valence-electron chi connectivity index (χ2n) is 8.40. The second-order valence-corrected chi connectivity index (χ2v) is 8.83. The Balaban J connectivity index is 1.88. The molecule has 1 saturated heterocycles. The van der Waals surface area contributed by atoms with Crippen molar-refractivity contribution in [1.29, 1.82) is 0 Å². The van der Waals surface area contributed by atoms with E-state index >= 15 is 0 Å². The first-order valence-corrected chi connectivity index (χ1v) is 11.4. The molecule has 0 saturated carbocycles. The number of rotatable bonds is 7. The number of nitrogens with one attached hydrogen (secondary N) is 2. The van der Waals surface area contributed by atoms with Crippen molar-refractivity contribution < 1.29 is 14.3 Å². The molecule has 2 atom stereocenters. The van der Waals surface area contributed by atoms with Crippen LogP contribution in [0, 0.1) is 0 Å². The number of nitrogens with zero attached hydrogens (tertiary/aromatic N) is 2. The summed E-state index contributed by atoms with van der Waals surface area (Å²) in [5.74, 6) is -0.377. The number of benzene rings is 1. The highest BCUT2D eigenvalue weighted by Crippen LogP contribution is 2.27. The summed E-state index contributed by atoms with van der Waals surface area (Å²) in [5, 5.41) is 6.79. The summed E-state index contributed by atoms with van der Waals surface area (Å²) < 4.78 is 4.87. The van der Waals surface area contributed by atoms with Crippen LogP contribution in [0.25, 0.3) is 0 Å². The van der Waals surface area contributed by atoms with Gasteiger partial charge in [-0.05, 0) is 70.5 Å². The third kappa shape index (κ3) is 5.78. The topological polar surface area (TPSA) is 83.6 Å². The number of hydrogen-bond acceptors (Lipinski definition) is 6. The monoisotopic (exact) mass is 458 g/mol. The Kier molecular flexibility index (Phi) is 8.10. The molecule has 1 aliphatic rings. The van der Waals surface area contributed by atoms with Crippen molar-refractivity contribution in [2.75, 3.05) is 24.3 Å². The molecule has 1 aromatic heterocycles. The molecular formula is C24H31ClN4O3. The fraction of sp³-hybridized carbons (Fsp3) is 0.458. The fourth-order valence-corrected chi connectivity index (χ4v) is 4.35. The van der Waals surface area contributed by atoms with Crippen LogP contribution >= 0.6 is 11.6 Å². The molecule has 32 heavy (non-hydrogen) atoms. The molecule has 1 amide bonds. The van der Waals surface area contributed by atoms with E-state index in [1.807, 2.05) is 0 Å². The van der Waals surface area contributed by atoms with Gasteiger partial charge in [0.1, 0.15) is 5.82 Å². The maximum absolute atomic E-state index is 13.1. The van der Waals surface area contributed by atoms with Crippen LogP contribution in [0.15, 0.2) is 36.5 Å². The van der Waals surface area contributed by atoms with E-state index in [1.54, 1.807) is 30.3 Å². The molecule has 1 aliphatic heterocycles. The first kappa shape index (κ1) is 24.0.